The van der Waals surface area contributed by atoms with Gasteiger partial charge in [-0.2, -0.15) is 0 Å². The summed E-state index contributed by atoms with van der Waals surface area (Å²) in [6.07, 6.45) is 4.60. The van der Waals surface area contributed by atoms with Gasteiger partial charge in [0.25, 0.3) is 5.91 Å². The van der Waals surface area contributed by atoms with Crippen molar-refractivity contribution in [2.45, 2.75) is 31.7 Å². The number of carbonyl (C=O) groups is 1. The van der Waals surface area contributed by atoms with Crippen molar-refractivity contribution in [3.05, 3.63) is 57.0 Å². The largest absolute Gasteiger partial charge is 0.379 e. The highest BCUT2D eigenvalue weighted by Gasteiger charge is 2.24. The van der Waals surface area contributed by atoms with Gasteiger partial charge in [-0.15, -0.1) is 11.3 Å². The summed E-state index contributed by atoms with van der Waals surface area (Å²) in [5.74, 6) is -0.271. The number of aryl methyl sites for hydroxylation is 2. The Hall–Kier alpha value is -1.76. The number of amides is 1. The molecule has 2 aromatic rings. The average molecular weight is 389 g/mol. The van der Waals surface area contributed by atoms with E-state index in [1.54, 1.807) is 23.5 Å². The number of carbonyl (C=O) groups excluding carboxylic acids is 1. The number of halogens is 1. The molecule has 0 bridgehead atoms. The molecular formula is C21H25FN2O2S. The normalized spacial score (nSPS) is 18.7. The van der Waals surface area contributed by atoms with Crippen LogP contribution >= 0.6 is 11.3 Å². The second kappa shape index (κ2) is 8.50. The van der Waals surface area contributed by atoms with E-state index in [2.05, 4.69) is 16.3 Å². The second-order valence-corrected chi connectivity index (χ2v) is 8.33. The molecule has 1 aliphatic carbocycles. The van der Waals surface area contributed by atoms with E-state index < -0.39 is 0 Å². The number of rotatable bonds is 5. The summed E-state index contributed by atoms with van der Waals surface area (Å²) in [5.41, 5.74) is 2.23. The summed E-state index contributed by atoms with van der Waals surface area (Å²) in [7, 11) is 0. The molecule has 2 heterocycles. The number of nitrogens with one attached hydrogen (secondary N) is 1. The Kier molecular flexibility index (Phi) is 5.86. The average Bonchev–Trinajstić information content (AvgIpc) is 3.13. The third-order valence-corrected chi connectivity index (χ3v) is 6.63. The van der Waals surface area contributed by atoms with E-state index in [0.29, 0.717) is 19.8 Å². The molecule has 4 nitrogen and oxygen atoms in total. The number of benzene rings is 1. The van der Waals surface area contributed by atoms with Crippen molar-refractivity contribution in [1.29, 1.82) is 0 Å². The van der Waals surface area contributed by atoms with Gasteiger partial charge in [-0.1, -0.05) is 12.1 Å². The van der Waals surface area contributed by atoms with Crippen LogP contribution in [0.25, 0.3) is 0 Å². The molecule has 1 amide bonds. The Morgan fingerprint density at radius 1 is 1.22 bits per heavy atom. The molecule has 1 aromatic carbocycles. The van der Waals surface area contributed by atoms with E-state index in [9.17, 15) is 9.18 Å². The maximum absolute atomic E-state index is 13.8. The van der Waals surface area contributed by atoms with Gasteiger partial charge in [0.15, 0.2) is 0 Å². The Morgan fingerprint density at radius 3 is 2.81 bits per heavy atom. The highest BCUT2D eigenvalue weighted by molar-refractivity contribution is 7.14. The number of ether oxygens (including phenoxy) is 1. The molecule has 1 aliphatic heterocycles. The molecule has 1 N–H and O–H groups in total. The zero-order valence-corrected chi connectivity index (χ0v) is 16.2. The van der Waals surface area contributed by atoms with Crippen LogP contribution in [0.15, 0.2) is 30.3 Å². The van der Waals surface area contributed by atoms with Gasteiger partial charge >= 0.3 is 0 Å². The minimum atomic E-state index is -0.247. The molecule has 6 heteroatoms. The highest BCUT2D eigenvalue weighted by Crippen LogP contribution is 2.30. The molecule has 0 spiro atoms. The maximum Gasteiger partial charge on any atom is 0.261 e. The third kappa shape index (κ3) is 4.39. The van der Waals surface area contributed by atoms with Crippen LogP contribution in [0, 0.1) is 5.82 Å². The number of thiophene rings is 1. The van der Waals surface area contributed by atoms with Crippen molar-refractivity contribution in [3.8, 4) is 0 Å². The van der Waals surface area contributed by atoms with E-state index in [-0.39, 0.29) is 17.8 Å². The molecule has 1 unspecified atom stereocenters. The molecule has 0 saturated carbocycles. The van der Waals surface area contributed by atoms with Crippen LogP contribution in [-0.4, -0.2) is 43.7 Å². The number of nitrogens with zero attached hydrogens (tertiary/aromatic N) is 1. The monoisotopic (exact) mass is 388 g/mol. The number of hydrogen-bond donors (Lipinski definition) is 1. The van der Waals surface area contributed by atoms with Crippen LogP contribution < -0.4 is 5.32 Å². The molecule has 1 aromatic heterocycles. The molecule has 1 atom stereocenters. The zero-order valence-electron chi connectivity index (χ0n) is 15.4. The maximum atomic E-state index is 13.8. The predicted octanol–water partition coefficient (Wildman–Crippen LogP) is 3.57. The van der Waals surface area contributed by atoms with Crippen molar-refractivity contribution in [1.82, 2.24) is 10.2 Å². The van der Waals surface area contributed by atoms with Gasteiger partial charge in [0, 0.05) is 24.5 Å². The predicted molar refractivity (Wildman–Crippen MR) is 105 cm³/mol. The molecule has 144 valence electrons. The summed E-state index contributed by atoms with van der Waals surface area (Å²) in [6, 6.07) is 8.68. The van der Waals surface area contributed by atoms with E-state index >= 15 is 0 Å². The SMILES string of the molecule is O=C(NCC(c1cccc(F)c1)N1CCOCC1)c1cc2c(s1)CCCC2. The first-order chi connectivity index (χ1) is 13.2. The smallest absolute Gasteiger partial charge is 0.261 e. The van der Waals surface area contributed by atoms with Crippen LogP contribution in [0.5, 0.6) is 0 Å². The molecule has 2 aliphatic rings. The third-order valence-electron chi connectivity index (χ3n) is 5.40. The molecule has 0 radical (unpaired) electrons. The summed E-state index contributed by atoms with van der Waals surface area (Å²) in [5, 5.41) is 3.09. The fraction of sp³-hybridized carbons (Fsp3) is 0.476. The standard InChI is InChI=1S/C21H25FN2O2S/c22-17-6-3-5-15(12-17)18(24-8-10-26-11-9-24)14-23-21(25)20-13-16-4-1-2-7-19(16)27-20/h3,5-6,12-13,18H,1-2,4,7-11,14H2,(H,23,25). The summed E-state index contributed by atoms with van der Waals surface area (Å²) < 4.78 is 19.2. The molecule has 1 saturated heterocycles. The quantitative estimate of drug-likeness (QED) is 0.851. The summed E-state index contributed by atoms with van der Waals surface area (Å²) >= 11 is 1.62. The van der Waals surface area contributed by atoms with Crippen LogP contribution in [0.3, 0.4) is 0 Å². The van der Waals surface area contributed by atoms with Gasteiger partial charge in [-0.25, -0.2) is 4.39 Å². The van der Waals surface area contributed by atoms with Gasteiger partial charge in [0.05, 0.1) is 24.1 Å². The molecule has 27 heavy (non-hydrogen) atoms. The van der Waals surface area contributed by atoms with E-state index in [4.69, 9.17) is 4.74 Å². The first kappa shape index (κ1) is 18.6. The first-order valence-electron chi connectivity index (χ1n) is 9.68. The topological polar surface area (TPSA) is 41.6 Å². The van der Waals surface area contributed by atoms with Crippen molar-refractivity contribution in [2.75, 3.05) is 32.8 Å². The number of fused-ring (bicyclic) bond motifs is 1. The lowest BCUT2D eigenvalue weighted by Crippen LogP contribution is -2.43. The fourth-order valence-electron chi connectivity index (χ4n) is 3.94. The molecular weight excluding hydrogens is 363 g/mol. The van der Waals surface area contributed by atoms with Crippen molar-refractivity contribution < 1.29 is 13.9 Å². The number of hydrogen-bond acceptors (Lipinski definition) is 4. The Labute approximate surface area is 163 Å². The minimum Gasteiger partial charge on any atom is -0.379 e. The lowest BCUT2D eigenvalue weighted by Gasteiger charge is -2.34. The Bertz CT molecular complexity index is 778. The molecule has 4 rings (SSSR count). The lowest BCUT2D eigenvalue weighted by molar-refractivity contribution is 0.0162. The van der Waals surface area contributed by atoms with Crippen molar-refractivity contribution in [3.63, 3.8) is 0 Å². The summed E-state index contributed by atoms with van der Waals surface area (Å²) in [4.78, 5) is 17.1. The summed E-state index contributed by atoms with van der Waals surface area (Å²) in [6.45, 7) is 3.36. The van der Waals surface area contributed by atoms with Gasteiger partial charge in [-0.3, -0.25) is 9.69 Å². The van der Waals surface area contributed by atoms with Crippen LogP contribution in [-0.2, 0) is 17.6 Å². The minimum absolute atomic E-state index is 0.0240. The van der Waals surface area contributed by atoms with E-state index in [1.165, 1.54) is 29.3 Å². The molecule has 1 fully saturated rings. The Morgan fingerprint density at radius 2 is 2.04 bits per heavy atom. The number of morpholine rings is 1. The van der Waals surface area contributed by atoms with Crippen LogP contribution in [0.2, 0.25) is 0 Å². The van der Waals surface area contributed by atoms with Gasteiger partial charge in [0.1, 0.15) is 5.82 Å². The Balaban J connectivity index is 1.47. The first-order valence-corrected chi connectivity index (χ1v) is 10.5. The van der Waals surface area contributed by atoms with Gasteiger partial charge in [-0.05, 0) is 55.0 Å². The van der Waals surface area contributed by atoms with Gasteiger partial charge in [0.2, 0.25) is 0 Å². The zero-order chi connectivity index (χ0) is 18.6. The van der Waals surface area contributed by atoms with E-state index in [1.807, 2.05) is 6.07 Å². The van der Waals surface area contributed by atoms with Crippen LogP contribution in [0.4, 0.5) is 4.39 Å². The highest BCUT2D eigenvalue weighted by atomic mass is 32.1. The van der Waals surface area contributed by atoms with Gasteiger partial charge < -0.3 is 10.1 Å². The van der Waals surface area contributed by atoms with E-state index in [0.717, 1.165) is 36.4 Å². The second-order valence-electron chi connectivity index (χ2n) is 7.20. The van der Waals surface area contributed by atoms with Crippen LogP contribution in [0.1, 0.15) is 44.6 Å². The van der Waals surface area contributed by atoms with Crippen molar-refractivity contribution in [2.24, 2.45) is 0 Å². The lowest BCUT2D eigenvalue weighted by atomic mass is 9.99. The van der Waals surface area contributed by atoms with Crippen molar-refractivity contribution >= 4 is 17.2 Å². The fourth-order valence-corrected chi connectivity index (χ4v) is 5.11.